The van der Waals surface area contributed by atoms with Crippen molar-refractivity contribution in [3.63, 3.8) is 0 Å². The minimum Gasteiger partial charge on any atom is -0.481 e. The fourth-order valence-electron chi connectivity index (χ4n) is 1.98. The molecule has 0 spiro atoms. The van der Waals surface area contributed by atoms with Gasteiger partial charge in [-0.3, -0.25) is 9.59 Å². The summed E-state index contributed by atoms with van der Waals surface area (Å²) in [5.74, 6) is -1.57. The molecule has 118 valence electrons. The lowest BCUT2D eigenvalue weighted by Crippen LogP contribution is -2.43. The average molecular weight is 286 g/mol. The molecule has 1 atom stereocenters. The van der Waals surface area contributed by atoms with Gasteiger partial charge in [0.2, 0.25) is 5.91 Å². The Bertz CT molecular complexity index is 327. The maximum absolute atomic E-state index is 12.1. The third kappa shape index (κ3) is 10.8. The van der Waals surface area contributed by atoms with Crippen LogP contribution in [0.4, 0.5) is 0 Å². The third-order valence-corrected chi connectivity index (χ3v) is 2.73. The predicted octanol–water partition coefficient (Wildman–Crippen LogP) is 2.02. The van der Waals surface area contributed by atoms with Crippen molar-refractivity contribution in [1.29, 1.82) is 0 Å². The smallest absolute Gasteiger partial charge is 0.304 e. The van der Waals surface area contributed by atoms with E-state index in [1.165, 1.54) is 0 Å². The largest absolute Gasteiger partial charge is 0.481 e. The highest BCUT2D eigenvalue weighted by Crippen LogP contribution is 2.26. The molecule has 0 aliphatic carbocycles. The first kappa shape index (κ1) is 18.9. The van der Waals surface area contributed by atoms with Crippen molar-refractivity contribution in [2.45, 2.75) is 59.9 Å². The Kier molecular flexibility index (Phi) is 7.20. The molecule has 1 amide bonds. The number of rotatable bonds is 7. The first-order chi connectivity index (χ1) is 8.91. The first-order valence-electron chi connectivity index (χ1n) is 7.15. The number of amides is 1. The van der Waals surface area contributed by atoms with Gasteiger partial charge in [-0.2, -0.15) is 0 Å². The predicted molar refractivity (Wildman–Crippen MR) is 80.6 cm³/mol. The van der Waals surface area contributed by atoms with Crippen LogP contribution in [0.3, 0.4) is 0 Å². The van der Waals surface area contributed by atoms with Crippen LogP contribution in [0.1, 0.15) is 54.4 Å². The summed E-state index contributed by atoms with van der Waals surface area (Å²) in [5, 5.41) is 15.0. The Balaban J connectivity index is 4.31. The minimum absolute atomic E-state index is 0.0105. The standard InChI is InChI=1S/C15H30N2O3/c1-14(2,3)10-11(9-12(18)19)13(20)16-7-8-17-15(4,5)6/h11,17H,7-10H2,1-6H3,(H,16,20)(H,18,19). The Labute approximate surface area is 122 Å². The zero-order valence-electron chi connectivity index (χ0n) is 13.7. The van der Waals surface area contributed by atoms with Gasteiger partial charge in [-0.05, 0) is 32.6 Å². The second-order valence-corrected chi connectivity index (χ2v) is 7.53. The third-order valence-electron chi connectivity index (χ3n) is 2.73. The van der Waals surface area contributed by atoms with Crippen LogP contribution in [0.2, 0.25) is 0 Å². The van der Waals surface area contributed by atoms with Crippen LogP contribution in [0.25, 0.3) is 0 Å². The van der Waals surface area contributed by atoms with E-state index >= 15 is 0 Å². The Hall–Kier alpha value is -1.10. The molecule has 20 heavy (non-hydrogen) atoms. The topological polar surface area (TPSA) is 78.4 Å². The lowest BCUT2D eigenvalue weighted by molar-refractivity contribution is -0.141. The van der Waals surface area contributed by atoms with Crippen LogP contribution in [-0.4, -0.2) is 35.6 Å². The average Bonchev–Trinajstić information content (AvgIpc) is 2.19. The van der Waals surface area contributed by atoms with E-state index in [1.807, 2.05) is 20.8 Å². The van der Waals surface area contributed by atoms with Gasteiger partial charge in [0.25, 0.3) is 0 Å². The molecule has 0 aromatic carbocycles. The number of carboxylic acid groups (broad SMARTS) is 1. The van der Waals surface area contributed by atoms with Gasteiger partial charge >= 0.3 is 5.97 Å². The molecule has 0 aromatic rings. The highest BCUT2D eigenvalue weighted by molar-refractivity contribution is 5.83. The molecule has 0 aromatic heterocycles. The summed E-state index contributed by atoms with van der Waals surface area (Å²) in [4.78, 5) is 22.9. The van der Waals surface area contributed by atoms with E-state index in [0.29, 0.717) is 19.5 Å². The van der Waals surface area contributed by atoms with Crippen LogP contribution < -0.4 is 10.6 Å². The molecular weight excluding hydrogens is 256 g/mol. The first-order valence-corrected chi connectivity index (χ1v) is 7.15. The minimum atomic E-state index is -0.929. The number of aliphatic carboxylic acids is 1. The van der Waals surface area contributed by atoms with Crippen molar-refractivity contribution < 1.29 is 14.7 Å². The van der Waals surface area contributed by atoms with Crippen molar-refractivity contribution in [3.8, 4) is 0 Å². The van der Waals surface area contributed by atoms with Crippen LogP contribution in [0.5, 0.6) is 0 Å². The summed E-state index contributed by atoms with van der Waals surface area (Å²) >= 11 is 0. The monoisotopic (exact) mass is 286 g/mol. The molecule has 0 aliphatic heterocycles. The van der Waals surface area contributed by atoms with E-state index in [1.54, 1.807) is 0 Å². The van der Waals surface area contributed by atoms with Gasteiger partial charge in [-0.1, -0.05) is 20.8 Å². The molecule has 0 aliphatic rings. The summed E-state index contributed by atoms with van der Waals surface area (Å²) < 4.78 is 0. The van der Waals surface area contributed by atoms with Crippen molar-refractivity contribution in [2.24, 2.45) is 11.3 Å². The quantitative estimate of drug-likeness (QED) is 0.626. The second kappa shape index (κ2) is 7.62. The van der Waals surface area contributed by atoms with E-state index in [4.69, 9.17) is 5.11 Å². The number of hydrogen-bond acceptors (Lipinski definition) is 3. The lowest BCUT2D eigenvalue weighted by Gasteiger charge is -2.25. The normalized spacial score (nSPS) is 13.9. The fraction of sp³-hybridized carbons (Fsp3) is 0.867. The molecule has 0 rings (SSSR count). The molecule has 1 unspecified atom stereocenters. The summed E-state index contributed by atoms with van der Waals surface area (Å²) in [6.07, 6.45) is 0.452. The van der Waals surface area contributed by atoms with Crippen molar-refractivity contribution in [3.05, 3.63) is 0 Å². The molecule has 5 nitrogen and oxygen atoms in total. The Morgan fingerprint density at radius 2 is 1.60 bits per heavy atom. The van der Waals surface area contributed by atoms with Gasteiger partial charge in [-0.15, -0.1) is 0 Å². The number of nitrogens with one attached hydrogen (secondary N) is 2. The second-order valence-electron chi connectivity index (χ2n) is 7.53. The van der Waals surface area contributed by atoms with Gasteiger partial charge in [0.15, 0.2) is 0 Å². The highest BCUT2D eigenvalue weighted by atomic mass is 16.4. The van der Waals surface area contributed by atoms with Crippen molar-refractivity contribution in [1.82, 2.24) is 10.6 Å². The number of hydrogen-bond donors (Lipinski definition) is 3. The number of carbonyl (C=O) groups excluding carboxylic acids is 1. The molecular formula is C15H30N2O3. The maximum Gasteiger partial charge on any atom is 0.304 e. The summed E-state index contributed by atoms with van der Waals surface area (Å²) in [6, 6.07) is 0. The van der Waals surface area contributed by atoms with Crippen LogP contribution in [0, 0.1) is 11.3 Å². The zero-order valence-corrected chi connectivity index (χ0v) is 13.7. The molecule has 0 bridgehead atoms. The highest BCUT2D eigenvalue weighted by Gasteiger charge is 2.26. The fourth-order valence-corrected chi connectivity index (χ4v) is 1.98. The molecule has 0 heterocycles. The zero-order chi connectivity index (χ0) is 16.0. The van der Waals surface area contributed by atoms with Crippen LogP contribution >= 0.6 is 0 Å². The molecule has 0 fully saturated rings. The van der Waals surface area contributed by atoms with Crippen LogP contribution in [0.15, 0.2) is 0 Å². The number of carbonyl (C=O) groups is 2. The summed E-state index contributed by atoms with van der Waals surface area (Å²) in [5.41, 5.74) is -0.0578. The van der Waals surface area contributed by atoms with Crippen LogP contribution in [-0.2, 0) is 9.59 Å². The molecule has 0 saturated heterocycles. The molecule has 0 radical (unpaired) electrons. The maximum atomic E-state index is 12.1. The van der Waals surface area contributed by atoms with Gasteiger partial charge in [-0.25, -0.2) is 0 Å². The lowest BCUT2D eigenvalue weighted by atomic mass is 9.83. The Morgan fingerprint density at radius 1 is 1.05 bits per heavy atom. The van der Waals surface area contributed by atoms with E-state index in [-0.39, 0.29) is 23.3 Å². The van der Waals surface area contributed by atoms with E-state index < -0.39 is 11.9 Å². The summed E-state index contributed by atoms with van der Waals surface area (Å²) in [6.45, 7) is 13.4. The van der Waals surface area contributed by atoms with E-state index in [0.717, 1.165) is 0 Å². The van der Waals surface area contributed by atoms with Gasteiger partial charge in [0.1, 0.15) is 0 Å². The molecule has 5 heteroatoms. The summed E-state index contributed by atoms with van der Waals surface area (Å²) in [7, 11) is 0. The van der Waals surface area contributed by atoms with E-state index in [9.17, 15) is 9.59 Å². The van der Waals surface area contributed by atoms with Gasteiger partial charge in [0, 0.05) is 24.5 Å². The van der Waals surface area contributed by atoms with Gasteiger partial charge < -0.3 is 15.7 Å². The molecule has 3 N–H and O–H groups in total. The SMILES string of the molecule is CC(C)(C)CC(CC(=O)O)C(=O)NCCNC(C)(C)C. The molecule has 0 saturated carbocycles. The van der Waals surface area contributed by atoms with Crippen molar-refractivity contribution in [2.75, 3.05) is 13.1 Å². The Morgan fingerprint density at radius 3 is 2.00 bits per heavy atom. The van der Waals surface area contributed by atoms with E-state index in [2.05, 4.69) is 31.4 Å². The van der Waals surface area contributed by atoms with Gasteiger partial charge in [0.05, 0.1) is 6.42 Å². The number of carboxylic acids is 1. The van der Waals surface area contributed by atoms with Crippen molar-refractivity contribution >= 4 is 11.9 Å².